The Kier molecular flexibility index (Phi) is 4.44. The largest absolute Gasteiger partial charge is 0.493 e. The lowest BCUT2D eigenvalue weighted by Gasteiger charge is -2.10. The van der Waals surface area contributed by atoms with E-state index in [1.807, 2.05) is 18.2 Å². The lowest BCUT2D eigenvalue weighted by molar-refractivity contribution is 0.355. The molecule has 0 saturated carbocycles. The van der Waals surface area contributed by atoms with Crippen LogP contribution in [0.4, 0.5) is 0 Å². The fraction of sp³-hybridized carbons (Fsp3) is 0.308. The first-order valence-corrected chi connectivity index (χ1v) is 6.56. The third kappa shape index (κ3) is 2.90. The summed E-state index contributed by atoms with van der Waals surface area (Å²) in [6.45, 7) is 0.530. The molecular formula is C13H15BrN2O3. The van der Waals surface area contributed by atoms with Crippen molar-refractivity contribution in [3.8, 4) is 22.8 Å². The molecular weight excluding hydrogens is 312 g/mol. The molecule has 102 valence electrons. The average Bonchev–Trinajstić information content (AvgIpc) is 2.87. The number of hydrogen-bond acceptors (Lipinski definition) is 5. The number of nitrogens with zero attached hydrogens (tertiary/aromatic N) is 1. The van der Waals surface area contributed by atoms with Crippen molar-refractivity contribution in [3.63, 3.8) is 0 Å². The molecule has 6 heteroatoms. The maximum Gasteiger partial charge on any atom is 0.161 e. The van der Waals surface area contributed by atoms with Crippen LogP contribution in [-0.2, 0) is 6.42 Å². The highest BCUT2D eigenvalue weighted by molar-refractivity contribution is 9.10. The maximum atomic E-state index is 5.49. The van der Waals surface area contributed by atoms with E-state index in [1.165, 1.54) is 0 Å². The highest BCUT2D eigenvalue weighted by atomic mass is 79.9. The Labute approximate surface area is 119 Å². The predicted octanol–water partition coefficient (Wildman–Crippen LogP) is 2.62. The molecule has 0 amide bonds. The molecule has 0 unspecified atom stereocenters. The highest BCUT2D eigenvalue weighted by Crippen LogP contribution is 2.38. The summed E-state index contributed by atoms with van der Waals surface area (Å²) in [6.07, 6.45) is 0.665. The first-order chi connectivity index (χ1) is 9.19. The number of methoxy groups -OCH3 is 2. The summed E-state index contributed by atoms with van der Waals surface area (Å²) in [5, 5.41) is 4.04. The Hall–Kier alpha value is -1.53. The van der Waals surface area contributed by atoms with Gasteiger partial charge < -0.3 is 19.7 Å². The first-order valence-electron chi connectivity index (χ1n) is 5.77. The topological polar surface area (TPSA) is 70.5 Å². The van der Waals surface area contributed by atoms with Crippen molar-refractivity contribution in [3.05, 3.63) is 28.4 Å². The van der Waals surface area contributed by atoms with E-state index < -0.39 is 0 Å². The lowest BCUT2D eigenvalue weighted by atomic mass is 10.1. The van der Waals surface area contributed by atoms with E-state index >= 15 is 0 Å². The van der Waals surface area contributed by atoms with Crippen molar-refractivity contribution in [2.24, 2.45) is 5.73 Å². The minimum atomic E-state index is 0.530. The van der Waals surface area contributed by atoms with E-state index in [0.29, 0.717) is 24.5 Å². The van der Waals surface area contributed by atoms with Gasteiger partial charge in [-0.25, -0.2) is 0 Å². The van der Waals surface area contributed by atoms with Crippen LogP contribution < -0.4 is 15.2 Å². The summed E-state index contributed by atoms with van der Waals surface area (Å²) in [5.74, 6) is 2.06. The number of halogens is 1. The standard InChI is InChI=1S/C13H15BrN2O3/c1-17-12-6-9(10(14)7-13(12)18-2)11-5-8(3-4-15)19-16-11/h5-7H,3-4,15H2,1-2H3. The van der Waals surface area contributed by atoms with Crippen LogP contribution in [0.2, 0.25) is 0 Å². The Morgan fingerprint density at radius 3 is 2.53 bits per heavy atom. The smallest absolute Gasteiger partial charge is 0.161 e. The molecule has 1 aromatic heterocycles. The number of ether oxygens (including phenoxy) is 2. The van der Waals surface area contributed by atoms with Crippen molar-refractivity contribution in [2.75, 3.05) is 20.8 Å². The predicted molar refractivity (Wildman–Crippen MR) is 75.5 cm³/mol. The molecule has 0 atom stereocenters. The third-order valence-electron chi connectivity index (χ3n) is 2.70. The molecule has 19 heavy (non-hydrogen) atoms. The number of hydrogen-bond donors (Lipinski definition) is 1. The van der Waals surface area contributed by atoms with Crippen molar-refractivity contribution in [1.82, 2.24) is 5.16 Å². The van der Waals surface area contributed by atoms with Gasteiger partial charge in [0.1, 0.15) is 11.5 Å². The van der Waals surface area contributed by atoms with E-state index in [2.05, 4.69) is 21.1 Å². The van der Waals surface area contributed by atoms with E-state index in [0.717, 1.165) is 21.5 Å². The minimum absolute atomic E-state index is 0.530. The van der Waals surface area contributed by atoms with Gasteiger partial charge in [-0.3, -0.25) is 0 Å². The summed E-state index contributed by atoms with van der Waals surface area (Å²) in [7, 11) is 3.19. The Morgan fingerprint density at radius 2 is 1.89 bits per heavy atom. The van der Waals surface area contributed by atoms with Crippen LogP contribution >= 0.6 is 15.9 Å². The maximum absolute atomic E-state index is 5.49. The van der Waals surface area contributed by atoms with Gasteiger partial charge in [-0.05, 0) is 34.6 Å². The molecule has 1 aromatic carbocycles. The summed E-state index contributed by atoms with van der Waals surface area (Å²) in [6, 6.07) is 5.57. The highest BCUT2D eigenvalue weighted by Gasteiger charge is 2.14. The van der Waals surface area contributed by atoms with Crippen molar-refractivity contribution < 1.29 is 14.0 Å². The van der Waals surface area contributed by atoms with Crippen LogP contribution in [0.25, 0.3) is 11.3 Å². The zero-order valence-electron chi connectivity index (χ0n) is 10.8. The van der Waals surface area contributed by atoms with Crippen molar-refractivity contribution in [1.29, 1.82) is 0 Å². The summed E-state index contributed by atoms with van der Waals surface area (Å²) >= 11 is 3.49. The molecule has 0 aliphatic carbocycles. The number of rotatable bonds is 5. The normalized spacial score (nSPS) is 10.5. The van der Waals surface area contributed by atoms with Crippen LogP contribution in [-0.4, -0.2) is 25.9 Å². The van der Waals surface area contributed by atoms with Crippen molar-refractivity contribution in [2.45, 2.75) is 6.42 Å². The number of nitrogens with two attached hydrogens (primary N) is 1. The molecule has 0 saturated heterocycles. The van der Waals surface area contributed by atoms with E-state index in [4.69, 9.17) is 19.7 Å². The molecule has 0 bridgehead atoms. The SMILES string of the molecule is COc1cc(Br)c(-c2cc(CCN)on2)cc1OC. The fourth-order valence-corrected chi connectivity index (χ4v) is 2.28. The molecule has 5 nitrogen and oxygen atoms in total. The third-order valence-corrected chi connectivity index (χ3v) is 3.35. The quantitative estimate of drug-likeness (QED) is 0.914. The van der Waals surface area contributed by atoms with Gasteiger partial charge in [0.15, 0.2) is 11.5 Å². The molecule has 2 N–H and O–H groups in total. The van der Waals surface area contributed by atoms with Crippen LogP contribution in [0, 0.1) is 0 Å². The van der Waals surface area contributed by atoms with E-state index in [9.17, 15) is 0 Å². The van der Waals surface area contributed by atoms with Gasteiger partial charge in [0, 0.05) is 22.5 Å². The van der Waals surface area contributed by atoms with Crippen LogP contribution in [0.5, 0.6) is 11.5 Å². The monoisotopic (exact) mass is 326 g/mol. The van der Waals surface area contributed by atoms with Gasteiger partial charge in [-0.2, -0.15) is 0 Å². The Balaban J connectivity index is 2.42. The molecule has 0 aliphatic rings. The van der Waals surface area contributed by atoms with Gasteiger partial charge >= 0.3 is 0 Å². The van der Waals surface area contributed by atoms with Crippen molar-refractivity contribution >= 4 is 15.9 Å². The lowest BCUT2D eigenvalue weighted by Crippen LogP contribution is -2.01. The van der Waals surface area contributed by atoms with Crippen LogP contribution in [0.1, 0.15) is 5.76 Å². The van der Waals surface area contributed by atoms with Gasteiger partial charge in [0.25, 0.3) is 0 Å². The molecule has 0 radical (unpaired) electrons. The molecule has 2 rings (SSSR count). The zero-order chi connectivity index (χ0) is 13.8. The minimum Gasteiger partial charge on any atom is -0.493 e. The molecule has 2 aromatic rings. The number of aromatic nitrogens is 1. The van der Waals surface area contributed by atoms with Crippen LogP contribution in [0.3, 0.4) is 0 Å². The summed E-state index contributed by atoms with van der Waals surface area (Å²) in [5.41, 5.74) is 7.10. The molecule has 1 heterocycles. The second-order valence-corrected chi connectivity index (χ2v) is 4.76. The molecule has 0 fully saturated rings. The second-order valence-electron chi connectivity index (χ2n) is 3.90. The Morgan fingerprint density at radius 1 is 1.21 bits per heavy atom. The Bertz CT molecular complexity index is 569. The molecule has 0 spiro atoms. The average molecular weight is 327 g/mol. The van der Waals surface area contributed by atoms with Crippen LogP contribution in [0.15, 0.2) is 27.2 Å². The van der Waals surface area contributed by atoms with Gasteiger partial charge in [0.05, 0.1) is 14.2 Å². The zero-order valence-corrected chi connectivity index (χ0v) is 12.4. The van der Waals surface area contributed by atoms with Gasteiger partial charge in [-0.15, -0.1) is 0 Å². The van der Waals surface area contributed by atoms with E-state index in [1.54, 1.807) is 14.2 Å². The molecule has 0 aliphatic heterocycles. The van der Waals surface area contributed by atoms with E-state index in [-0.39, 0.29) is 0 Å². The van der Waals surface area contributed by atoms with Gasteiger partial charge in [0.2, 0.25) is 0 Å². The second kappa shape index (κ2) is 6.08. The first kappa shape index (κ1) is 13.9. The summed E-state index contributed by atoms with van der Waals surface area (Å²) < 4.78 is 16.6. The summed E-state index contributed by atoms with van der Waals surface area (Å²) in [4.78, 5) is 0. The van der Waals surface area contributed by atoms with Gasteiger partial charge in [-0.1, -0.05) is 5.16 Å². The fourth-order valence-electron chi connectivity index (χ4n) is 1.75. The number of benzene rings is 1.